The van der Waals surface area contributed by atoms with E-state index in [4.69, 9.17) is 9.52 Å². The van der Waals surface area contributed by atoms with Gasteiger partial charge in [0.05, 0.1) is 23.8 Å². The Balaban J connectivity index is 1.79. The Morgan fingerprint density at radius 1 is 1.28 bits per heavy atom. The molecule has 0 saturated heterocycles. The van der Waals surface area contributed by atoms with Gasteiger partial charge in [-0.25, -0.2) is 9.78 Å². The van der Waals surface area contributed by atoms with E-state index in [1.807, 2.05) is 35.7 Å². The summed E-state index contributed by atoms with van der Waals surface area (Å²) in [7, 11) is 0. The number of carbonyl (C=O) groups is 1. The van der Waals surface area contributed by atoms with Crippen molar-refractivity contribution in [2.24, 2.45) is 0 Å². The van der Waals surface area contributed by atoms with Crippen LogP contribution in [-0.2, 0) is 6.54 Å². The molecule has 25 heavy (non-hydrogen) atoms. The van der Waals surface area contributed by atoms with E-state index < -0.39 is 5.97 Å². The first-order valence-electron chi connectivity index (χ1n) is 7.46. The first-order valence-corrected chi connectivity index (χ1v) is 8.34. The predicted octanol–water partition coefficient (Wildman–Crippen LogP) is 3.46. The van der Waals surface area contributed by atoms with Gasteiger partial charge in [0.1, 0.15) is 16.9 Å². The number of carboxylic acids is 1. The average molecular weight is 352 g/mol. The third-order valence-electron chi connectivity index (χ3n) is 3.87. The molecular formula is C18H12N2O4S. The van der Waals surface area contributed by atoms with Crippen LogP contribution in [0.5, 0.6) is 0 Å². The van der Waals surface area contributed by atoms with Crippen LogP contribution in [0.2, 0.25) is 0 Å². The Labute approximate surface area is 145 Å². The van der Waals surface area contributed by atoms with Gasteiger partial charge in [-0.15, -0.1) is 11.3 Å². The number of hydrogen-bond donors (Lipinski definition) is 1. The highest BCUT2D eigenvalue weighted by molar-refractivity contribution is 7.17. The fraction of sp³-hybridized carbons (Fsp3) is 0.0556. The molecule has 0 aliphatic rings. The highest BCUT2D eigenvalue weighted by Crippen LogP contribution is 2.30. The van der Waals surface area contributed by atoms with Crippen LogP contribution in [0.3, 0.4) is 0 Å². The molecule has 1 N–H and O–H groups in total. The molecule has 124 valence electrons. The van der Waals surface area contributed by atoms with Crippen molar-refractivity contribution in [3.05, 3.63) is 76.0 Å². The molecule has 0 amide bonds. The zero-order chi connectivity index (χ0) is 17.4. The highest BCUT2D eigenvalue weighted by atomic mass is 32.1. The maximum Gasteiger partial charge on any atom is 0.338 e. The van der Waals surface area contributed by atoms with Crippen LogP contribution < -0.4 is 5.56 Å². The molecule has 0 bridgehead atoms. The zero-order valence-electron chi connectivity index (χ0n) is 12.9. The molecule has 3 aromatic heterocycles. The first-order chi connectivity index (χ1) is 12.1. The third-order valence-corrected chi connectivity index (χ3v) is 4.76. The number of thiophene rings is 1. The van der Waals surface area contributed by atoms with Gasteiger partial charge in [-0.2, -0.15) is 0 Å². The summed E-state index contributed by atoms with van der Waals surface area (Å²) in [5.41, 5.74) is 1.67. The van der Waals surface area contributed by atoms with Crippen molar-refractivity contribution >= 4 is 27.5 Å². The minimum atomic E-state index is -1.07. The Kier molecular flexibility index (Phi) is 3.70. The summed E-state index contributed by atoms with van der Waals surface area (Å²) >= 11 is 1.42. The standard InChI is InChI=1S/C18H12N2O4S/c21-17-15-14(11-4-2-1-3-5-11)9-25-16(15)19-10-20(17)7-13-6-12(8-24-13)18(22)23/h1-6,8-10H,7H2,(H,22,23). The topological polar surface area (TPSA) is 85.3 Å². The van der Waals surface area contributed by atoms with Crippen molar-refractivity contribution in [1.29, 1.82) is 0 Å². The van der Waals surface area contributed by atoms with E-state index in [1.54, 1.807) is 0 Å². The van der Waals surface area contributed by atoms with Crippen molar-refractivity contribution in [2.45, 2.75) is 6.54 Å². The Hall–Kier alpha value is -3.19. The number of aromatic carboxylic acids is 1. The molecule has 4 rings (SSSR count). The highest BCUT2D eigenvalue weighted by Gasteiger charge is 2.15. The van der Waals surface area contributed by atoms with Crippen LogP contribution >= 0.6 is 11.3 Å². The Bertz CT molecular complexity index is 1120. The van der Waals surface area contributed by atoms with Crippen molar-refractivity contribution < 1.29 is 14.3 Å². The van der Waals surface area contributed by atoms with Gasteiger partial charge in [0.25, 0.3) is 5.56 Å². The fourth-order valence-corrected chi connectivity index (χ4v) is 3.56. The molecule has 0 radical (unpaired) electrons. The lowest BCUT2D eigenvalue weighted by molar-refractivity contribution is 0.0696. The van der Waals surface area contributed by atoms with Gasteiger partial charge >= 0.3 is 5.97 Å². The molecule has 0 saturated carbocycles. The molecule has 0 aliphatic carbocycles. The van der Waals surface area contributed by atoms with E-state index in [1.165, 1.54) is 28.3 Å². The summed E-state index contributed by atoms with van der Waals surface area (Å²) in [6.45, 7) is 0.124. The van der Waals surface area contributed by atoms with Gasteiger partial charge in [0.2, 0.25) is 0 Å². The molecule has 0 fully saturated rings. The molecular weight excluding hydrogens is 340 g/mol. The Morgan fingerprint density at radius 2 is 2.08 bits per heavy atom. The van der Waals surface area contributed by atoms with E-state index in [0.717, 1.165) is 17.4 Å². The fourth-order valence-electron chi connectivity index (χ4n) is 2.65. The number of hydrogen-bond acceptors (Lipinski definition) is 5. The van der Waals surface area contributed by atoms with Crippen molar-refractivity contribution in [3.63, 3.8) is 0 Å². The maximum absolute atomic E-state index is 12.9. The molecule has 1 aromatic carbocycles. The lowest BCUT2D eigenvalue weighted by atomic mass is 10.1. The number of carboxylic acid groups (broad SMARTS) is 1. The van der Waals surface area contributed by atoms with Gasteiger partial charge in [0.15, 0.2) is 0 Å². The van der Waals surface area contributed by atoms with Crippen molar-refractivity contribution in [2.75, 3.05) is 0 Å². The van der Waals surface area contributed by atoms with E-state index in [-0.39, 0.29) is 17.7 Å². The molecule has 7 heteroatoms. The number of furan rings is 1. The smallest absolute Gasteiger partial charge is 0.338 e. The second-order valence-corrected chi connectivity index (χ2v) is 6.34. The normalized spacial score (nSPS) is 11.0. The van der Waals surface area contributed by atoms with Crippen molar-refractivity contribution in [1.82, 2.24) is 9.55 Å². The monoisotopic (exact) mass is 352 g/mol. The van der Waals surface area contributed by atoms with Crippen LogP contribution in [0, 0.1) is 0 Å². The van der Waals surface area contributed by atoms with E-state index in [9.17, 15) is 9.59 Å². The summed E-state index contributed by atoms with van der Waals surface area (Å²) in [4.78, 5) is 28.9. The number of benzene rings is 1. The number of fused-ring (bicyclic) bond motifs is 1. The van der Waals surface area contributed by atoms with Crippen LogP contribution in [0.1, 0.15) is 16.1 Å². The zero-order valence-corrected chi connectivity index (χ0v) is 13.7. The molecule has 0 atom stereocenters. The summed E-state index contributed by atoms with van der Waals surface area (Å²) < 4.78 is 6.65. The lowest BCUT2D eigenvalue weighted by Crippen LogP contribution is -2.20. The number of aromatic nitrogens is 2. The van der Waals surface area contributed by atoms with E-state index >= 15 is 0 Å². The molecule has 0 aliphatic heterocycles. The summed E-state index contributed by atoms with van der Waals surface area (Å²) in [5, 5.41) is 11.4. The minimum absolute atomic E-state index is 0.0533. The third kappa shape index (κ3) is 2.74. The van der Waals surface area contributed by atoms with Gasteiger partial charge < -0.3 is 9.52 Å². The van der Waals surface area contributed by atoms with Crippen LogP contribution in [0.15, 0.2) is 63.6 Å². The second-order valence-electron chi connectivity index (χ2n) is 5.48. The van der Waals surface area contributed by atoms with Gasteiger partial charge in [0, 0.05) is 10.9 Å². The summed E-state index contributed by atoms with van der Waals surface area (Å²) in [5.74, 6) is -0.683. The van der Waals surface area contributed by atoms with Crippen molar-refractivity contribution in [3.8, 4) is 11.1 Å². The molecule has 0 unspecified atom stereocenters. The average Bonchev–Trinajstić information content (AvgIpc) is 3.25. The van der Waals surface area contributed by atoms with Gasteiger partial charge in [-0.1, -0.05) is 30.3 Å². The van der Waals surface area contributed by atoms with E-state index in [0.29, 0.717) is 16.0 Å². The minimum Gasteiger partial charge on any atom is -0.478 e. The molecule has 4 aromatic rings. The largest absolute Gasteiger partial charge is 0.478 e. The SMILES string of the molecule is O=C(O)c1coc(Cn2cnc3scc(-c4ccccc4)c3c2=O)c1. The number of rotatable bonds is 4. The molecule has 3 heterocycles. The molecule has 0 spiro atoms. The summed E-state index contributed by atoms with van der Waals surface area (Å²) in [6.07, 6.45) is 2.62. The Morgan fingerprint density at radius 3 is 2.80 bits per heavy atom. The van der Waals surface area contributed by atoms with Crippen LogP contribution in [0.4, 0.5) is 0 Å². The van der Waals surface area contributed by atoms with E-state index in [2.05, 4.69) is 4.98 Å². The first kappa shape index (κ1) is 15.3. The van der Waals surface area contributed by atoms with Gasteiger partial charge in [-0.3, -0.25) is 9.36 Å². The predicted molar refractivity (Wildman–Crippen MR) is 94.1 cm³/mol. The lowest BCUT2D eigenvalue weighted by Gasteiger charge is -2.04. The van der Waals surface area contributed by atoms with Crippen LogP contribution in [-0.4, -0.2) is 20.6 Å². The quantitative estimate of drug-likeness (QED) is 0.608. The van der Waals surface area contributed by atoms with Gasteiger partial charge in [-0.05, 0) is 11.6 Å². The number of nitrogens with zero attached hydrogens (tertiary/aromatic N) is 2. The maximum atomic E-state index is 12.9. The second kappa shape index (κ2) is 6.03. The van der Waals surface area contributed by atoms with Crippen LogP contribution in [0.25, 0.3) is 21.3 Å². The molecule has 6 nitrogen and oxygen atoms in total. The summed E-state index contributed by atoms with van der Waals surface area (Å²) in [6, 6.07) is 11.1.